The molecule has 0 bridgehead atoms. The first-order valence-corrected chi connectivity index (χ1v) is 7.08. The van der Waals surface area contributed by atoms with Gasteiger partial charge in [-0.3, -0.25) is 4.98 Å². The predicted molar refractivity (Wildman–Crippen MR) is 72.0 cm³/mol. The number of hydrogen-bond acceptors (Lipinski definition) is 4. The molecular formula is C14H13NO3S. The van der Waals surface area contributed by atoms with Crippen molar-refractivity contribution in [1.82, 2.24) is 4.98 Å². The number of pyridine rings is 1. The van der Waals surface area contributed by atoms with Gasteiger partial charge in [0.05, 0.1) is 9.80 Å². The lowest BCUT2D eigenvalue weighted by Crippen LogP contribution is -2.12. The summed E-state index contributed by atoms with van der Waals surface area (Å²) in [5, 5.41) is 10.1. The number of aliphatic hydroxyl groups excluding tert-OH is 1. The standard InChI is InChI=1S/C14H13NO3S/c1-11(14(16)12-6-5-9-15-10-12)19(17,18)13-7-3-2-4-8-13/h2-10,14,16H,1H2. The van der Waals surface area contributed by atoms with E-state index < -0.39 is 15.9 Å². The van der Waals surface area contributed by atoms with Crippen molar-refractivity contribution < 1.29 is 13.5 Å². The molecule has 0 spiro atoms. The molecule has 0 fully saturated rings. The van der Waals surface area contributed by atoms with E-state index in [1.807, 2.05) is 0 Å². The summed E-state index contributed by atoms with van der Waals surface area (Å²) in [5.41, 5.74) is 0.395. The van der Waals surface area contributed by atoms with Crippen LogP contribution in [0.1, 0.15) is 11.7 Å². The maximum atomic E-state index is 12.3. The quantitative estimate of drug-likeness (QED) is 0.928. The van der Waals surface area contributed by atoms with Gasteiger partial charge in [-0.05, 0) is 18.2 Å². The van der Waals surface area contributed by atoms with Gasteiger partial charge in [0.1, 0.15) is 6.10 Å². The third kappa shape index (κ3) is 2.72. The lowest BCUT2D eigenvalue weighted by Gasteiger charge is -2.14. The van der Waals surface area contributed by atoms with Gasteiger partial charge in [0.25, 0.3) is 0 Å². The fourth-order valence-electron chi connectivity index (χ4n) is 1.62. The Bertz CT molecular complexity index is 666. The number of rotatable bonds is 4. The fraction of sp³-hybridized carbons (Fsp3) is 0.0714. The number of aromatic nitrogens is 1. The summed E-state index contributed by atoms with van der Waals surface area (Å²) in [6, 6.07) is 11.1. The predicted octanol–water partition coefficient (Wildman–Crippen LogP) is 2.10. The van der Waals surface area contributed by atoms with E-state index in [-0.39, 0.29) is 9.80 Å². The molecule has 2 aromatic rings. The SMILES string of the molecule is C=C(C(O)c1cccnc1)S(=O)(=O)c1ccccc1. The number of aliphatic hydroxyl groups is 1. The van der Waals surface area contributed by atoms with E-state index in [9.17, 15) is 13.5 Å². The summed E-state index contributed by atoms with van der Waals surface area (Å²) in [5.74, 6) is 0. The van der Waals surface area contributed by atoms with Crippen molar-refractivity contribution in [2.24, 2.45) is 0 Å². The lowest BCUT2D eigenvalue weighted by molar-refractivity contribution is 0.223. The van der Waals surface area contributed by atoms with Crippen LogP contribution < -0.4 is 0 Å². The van der Waals surface area contributed by atoms with Crippen molar-refractivity contribution in [2.45, 2.75) is 11.0 Å². The second-order valence-corrected chi connectivity index (χ2v) is 5.97. The highest BCUT2D eigenvalue weighted by molar-refractivity contribution is 7.95. The third-order valence-electron chi connectivity index (χ3n) is 2.70. The minimum absolute atomic E-state index is 0.114. The minimum atomic E-state index is -3.76. The monoisotopic (exact) mass is 275 g/mol. The molecule has 2 rings (SSSR count). The molecule has 19 heavy (non-hydrogen) atoms. The Morgan fingerprint density at radius 3 is 2.42 bits per heavy atom. The van der Waals surface area contributed by atoms with Crippen LogP contribution in [0.2, 0.25) is 0 Å². The molecule has 1 atom stereocenters. The zero-order chi connectivity index (χ0) is 13.9. The van der Waals surface area contributed by atoms with Crippen LogP contribution in [0.25, 0.3) is 0 Å². The molecule has 98 valence electrons. The van der Waals surface area contributed by atoms with Crippen molar-refractivity contribution in [3.05, 3.63) is 71.9 Å². The Balaban J connectivity index is 2.35. The van der Waals surface area contributed by atoms with Gasteiger partial charge in [-0.2, -0.15) is 0 Å². The summed E-state index contributed by atoms with van der Waals surface area (Å²) >= 11 is 0. The minimum Gasteiger partial charge on any atom is -0.383 e. The van der Waals surface area contributed by atoms with Crippen LogP contribution in [0.5, 0.6) is 0 Å². The van der Waals surface area contributed by atoms with Gasteiger partial charge in [0.15, 0.2) is 0 Å². The van der Waals surface area contributed by atoms with E-state index in [0.29, 0.717) is 5.56 Å². The molecule has 0 radical (unpaired) electrons. The first kappa shape index (κ1) is 13.5. The largest absolute Gasteiger partial charge is 0.383 e. The molecule has 0 saturated heterocycles. The fourth-order valence-corrected chi connectivity index (χ4v) is 2.87. The second kappa shape index (κ2) is 5.34. The van der Waals surface area contributed by atoms with E-state index in [0.717, 1.165) is 0 Å². The van der Waals surface area contributed by atoms with Gasteiger partial charge in [-0.25, -0.2) is 8.42 Å². The molecule has 0 aliphatic rings. The van der Waals surface area contributed by atoms with Crippen molar-refractivity contribution in [3.8, 4) is 0 Å². The molecule has 1 aromatic carbocycles. The van der Waals surface area contributed by atoms with E-state index in [1.54, 1.807) is 36.5 Å². The van der Waals surface area contributed by atoms with Gasteiger partial charge in [-0.15, -0.1) is 0 Å². The van der Waals surface area contributed by atoms with Gasteiger partial charge >= 0.3 is 0 Å². The summed E-state index contributed by atoms with van der Waals surface area (Å²) in [6.45, 7) is 3.51. The number of nitrogens with zero attached hydrogens (tertiary/aromatic N) is 1. The van der Waals surface area contributed by atoms with E-state index in [2.05, 4.69) is 11.6 Å². The Morgan fingerprint density at radius 1 is 1.16 bits per heavy atom. The summed E-state index contributed by atoms with van der Waals surface area (Å²) < 4.78 is 24.5. The second-order valence-electron chi connectivity index (χ2n) is 3.97. The Hall–Kier alpha value is -1.98. The highest BCUT2D eigenvalue weighted by Gasteiger charge is 2.25. The maximum Gasteiger partial charge on any atom is 0.205 e. The maximum absolute atomic E-state index is 12.3. The topological polar surface area (TPSA) is 67.3 Å². The molecule has 0 saturated carbocycles. The Labute approximate surface area is 112 Å². The van der Waals surface area contributed by atoms with Crippen LogP contribution in [0, 0.1) is 0 Å². The number of hydrogen-bond donors (Lipinski definition) is 1. The van der Waals surface area contributed by atoms with Crippen LogP contribution in [0.4, 0.5) is 0 Å². The zero-order valence-electron chi connectivity index (χ0n) is 10.1. The van der Waals surface area contributed by atoms with Gasteiger partial charge in [0.2, 0.25) is 9.84 Å². The van der Waals surface area contributed by atoms with Crippen molar-refractivity contribution in [2.75, 3.05) is 0 Å². The molecule has 1 unspecified atom stereocenters. The molecule has 1 N–H and O–H groups in total. The molecule has 0 aliphatic carbocycles. The van der Waals surface area contributed by atoms with Crippen LogP contribution in [0.3, 0.4) is 0 Å². The molecule has 4 nitrogen and oxygen atoms in total. The third-order valence-corrected chi connectivity index (χ3v) is 4.51. The highest BCUT2D eigenvalue weighted by atomic mass is 32.2. The van der Waals surface area contributed by atoms with Gasteiger partial charge < -0.3 is 5.11 Å². The normalized spacial score (nSPS) is 12.9. The van der Waals surface area contributed by atoms with Crippen molar-refractivity contribution in [3.63, 3.8) is 0 Å². The molecule has 0 aliphatic heterocycles. The molecule has 1 heterocycles. The molecule has 1 aromatic heterocycles. The van der Waals surface area contributed by atoms with Crippen LogP contribution in [-0.4, -0.2) is 18.5 Å². The average molecular weight is 275 g/mol. The Kier molecular flexibility index (Phi) is 3.78. The van der Waals surface area contributed by atoms with Gasteiger partial charge in [-0.1, -0.05) is 30.8 Å². The van der Waals surface area contributed by atoms with Gasteiger partial charge in [0, 0.05) is 18.0 Å². The average Bonchev–Trinajstić information content (AvgIpc) is 2.47. The van der Waals surface area contributed by atoms with E-state index >= 15 is 0 Å². The van der Waals surface area contributed by atoms with Crippen LogP contribution in [-0.2, 0) is 9.84 Å². The van der Waals surface area contributed by atoms with Crippen LogP contribution in [0.15, 0.2) is 71.2 Å². The summed E-state index contributed by atoms with van der Waals surface area (Å²) in [4.78, 5) is 3.70. The molecule has 5 heteroatoms. The first-order valence-electron chi connectivity index (χ1n) is 5.60. The lowest BCUT2D eigenvalue weighted by atomic mass is 10.2. The number of benzene rings is 1. The summed E-state index contributed by atoms with van der Waals surface area (Å²) in [7, 11) is -3.76. The number of sulfone groups is 1. The van der Waals surface area contributed by atoms with Crippen LogP contribution >= 0.6 is 0 Å². The zero-order valence-corrected chi connectivity index (χ0v) is 10.9. The van der Waals surface area contributed by atoms with Crippen molar-refractivity contribution in [1.29, 1.82) is 0 Å². The molecular weight excluding hydrogens is 262 g/mol. The van der Waals surface area contributed by atoms with E-state index in [4.69, 9.17) is 0 Å². The smallest absolute Gasteiger partial charge is 0.205 e. The first-order chi connectivity index (χ1) is 9.03. The Morgan fingerprint density at radius 2 is 1.84 bits per heavy atom. The highest BCUT2D eigenvalue weighted by Crippen LogP contribution is 2.28. The van der Waals surface area contributed by atoms with Crippen molar-refractivity contribution >= 4 is 9.84 Å². The van der Waals surface area contributed by atoms with E-state index in [1.165, 1.54) is 18.3 Å². The summed E-state index contributed by atoms with van der Waals surface area (Å²) in [6.07, 6.45) is 1.67. The molecule has 0 amide bonds.